The number of benzene rings is 1. The Morgan fingerprint density at radius 1 is 0.535 bits per heavy atom. The normalized spacial score (nSPS) is 16.8. The maximum atomic E-state index is 13.7. The largest absolute Gasteiger partial charge is 0.480 e. The van der Waals surface area contributed by atoms with Crippen LogP contribution in [0.15, 0.2) is 24.3 Å². The molecule has 0 spiro atoms. The quantitative estimate of drug-likeness (QED) is 0.0350. The molecule has 2 rings (SSSR count). The summed E-state index contributed by atoms with van der Waals surface area (Å²) in [6.45, 7) is -5.01. The van der Waals surface area contributed by atoms with E-state index in [9.17, 15) is 111 Å². The Hall–Kier alpha value is -4.13. The van der Waals surface area contributed by atoms with Crippen LogP contribution in [0.4, 0.5) is 5.69 Å². The fourth-order valence-corrected chi connectivity index (χ4v) is 10.4. The van der Waals surface area contributed by atoms with Crippen LogP contribution in [0.2, 0.25) is 0 Å². The van der Waals surface area contributed by atoms with Gasteiger partial charge in [0, 0.05) is 70.6 Å². The van der Waals surface area contributed by atoms with Crippen molar-refractivity contribution in [1.29, 1.82) is 0 Å². The monoisotopic (exact) mass is 1100 g/mol. The summed E-state index contributed by atoms with van der Waals surface area (Å²) in [5, 5.41) is 45.7. The fourth-order valence-electron chi connectivity index (χ4n) is 7.18. The van der Waals surface area contributed by atoms with Gasteiger partial charge in [-0.25, -0.2) is 0 Å². The van der Waals surface area contributed by atoms with Crippen molar-refractivity contribution in [1.82, 2.24) is 40.0 Å². The molecule has 71 heavy (non-hydrogen) atoms. The number of carboxylic acid groups (broad SMARTS) is 4. The predicted molar refractivity (Wildman–Crippen MR) is 245 cm³/mol. The Morgan fingerprint density at radius 3 is 1.25 bits per heavy atom. The fraction of sp³-hybridized carbons (Fsp3) is 0.629. The van der Waals surface area contributed by atoms with Gasteiger partial charge in [-0.3, -0.25) is 81.2 Å². The molecule has 1 aromatic rings. The Kier molecular flexibility index (Phi) is 25.7. The summed E-state index contributed by atoms with van der Waals surface area (Å²) in [6, 6.07) is 5.08. The summed E-state index contributed by atoms with van der Waals surface area (Å²) >= 11 is 0. The highest BCUT2D eigenvalue weighted by Gasteiger charge is 2.31. The third-order valence-electron chi connectivity index (χ3n) is 9.99. The Bertz CT molecular complexity index is 2070. The molecular weight excluding hydrogens is 1040 g/mol. The number of carbonyl (C=O) groups is 7. The SMILES string of the molecule is O=C(O)CN1CCN(CC(=O)O)CCN(CC(=O)O)C(Cc2ccc(NC(=O)C(CNC(=O)CN(CP(=O)(O)O)CP(=O)(O)O)CNC(=O)CN(CP(=O)(O)O)CP(=O)(O)O)cc2)CN(CC(=O)O)CC1. The average Bonchev–Trinajstić information content (AvgIpc) is 3.16. The Labute approximate surface area is 405 Å². The van der Waals surface area contributed by atoms with Crippen molar-refractivity contribution < 1.29 is 111 Å². The average molecular weight is 1100 g/mol. The van der Waals surface area contributed by atoms with Crippen LogP contribution < -0.4 is 16.0 Å². The molecule has 1 unspecified atom stereocenters. The van der Waals surface area contributed by atoms with Crippen molar-refractivity contribution in [2.75, 3.05) is 129 Å². The Balaban J connectivity index is 2.45. The van der Waals surface area contributed by atoms with E-state index in [1.54, 1.807) is 4.90 Å². The van der Waals surface area contributed by atoms with Crippen LogP contribution in [0.1, 0.15) is 5.56 Å². The van der Waals surface area contributed by atoms with Crippen molar-refractivity contribution >= 4 is 77.7 Å². The molecule has 1 aliphatic heterocycles. The van der Waals surface area contributed by atoms with Crippen LogP contribution in [0, 0.1) is 5.92 Å². The van der Waals surface area contributed by atoms with Crippen LogP contribution >= 0.6 is 30.4 Å². The minimum absolute atomic E-state index is 0.0105. The first-order valence-corrected chi connectivity index (χ1v) is 28.2. The van der Waals surface area contributed by atoms with Gasteiger partial charge in [0.2, 0.25) is 17.7 Å². The van der Waals surface area contributed by atoms with E-state index in [1.165, 1.54) is 39.0 Å². The molecular formula is C35H61N9O23P4. The van der Waals surface area contributed by atoms with Gasteiger partial charge in [0.25, 0.3) is 0 Å². The van der Waals surface area contributed by atoms with E-state index in [4.69, 9.17) is 0 Å². The maximum absolute atomic E-state index is 13.7. The molecule has 0 saturated carbocycles. The standard InChI is InChI=1S/C35H61N9O23P4/c45-29(15-42(21-68(56,57)58)22-69(59,60)61)36-12-26(13-37-30(46)16-43(23-70(62,63)64)24-71(65,66)67)35(55)38-27-3-1-25(2-4-27)11-28-14-41(19-33(51)52)8-7-39(17-31(47)48)5-6-40(18-32(49)50)9-10-44(28)20-34(53)54/h1-4,26,28H,5-24H2,(H,36,45)(H,37,46)(H,38,55)(H,47,48)(H,49,50)(H,51,52)(H,53,54)(H2,56,57,58)(H2,59,60,61)(H2,62,63,64)(H2,65,66,67). The first-order chi connectivity index (χ1) is 32.6. The van der Waals surface area contributed by atoms with Gasteiger partial charge < -0.3 is 75.5 Å². The number of anilines is 1. The summed E-state index contributed by atoms with van der Waals surface area (Å²) in [5.74, 6) is -9.43. The molecule has 15 N–H and O–H groups in total. The third-order valence-corrected chi connectivity index (χ3v) is 13.1. The predicted octanol–water partition coefficient (Wildman–Crippen LogP) is -4.91. The summed E-state index contributed by atoms with van der Waals surface area (Å²) in [7, 11) is -19.9. The summed E-state index contributed by atoms with van der Waals surface area (Å²) in [6.07, 6.45) is -4.95. The lowest BCUT2D eigenvalue weighted by molar-refractivity contribution is -0.142. The van der Waals surface area contributed by atoms with E-state index in [0.29, 0.717) is 15.4 Å². The van der Waals surface area contributed by atoms with Gasteiger partial charge in [0.15, 0.2) is 0 Å². The molecule has 1 saturated heterocycles. The number of amides is 3. The molecule has 0 aliphatic carbocycles. The number of rotatable bonds is 28. The van der Waals surface area contributed by atoms with Crippen LogP contribution in [0.3, 0.4) is 0 Å². The maximum Gasteiger partial charge on any atom is 0.339 e. The van der Waals surface area contributed by atoms with Crippen LogP contribution in [0.25, 0.3) is 0 Å². The van der Waals surface area contributed by atoms with Crippen molar-refractivity contribution in [3.8, 4) is 0 Å². The minimum atomic E-state index is -4.97. The molecule has 0 aromatic heterocycles. The number of hydrogen-bond acceptors (Lipinski definition) is 17. The van der Waals surface area contributed by atoms with Gasteiger partial charge in [-0.15, -0.1) is 0 Å². The first kappa shape index (κ1) is 63.0. The van der Waals surface area contributed by atoms with E-state index in [2.05, 4.69) is 16.0 Å². The molecule has 404 valence electrons. The van der Waals surface area contributed by atoms with E-state index in [1.807, 2.05) is 0 Å². The highest BCUT2D eigenvalue weighted by atomic mass is 31.2. The number of aliphatic carboxylic acids is 4. The molecule has 0 radical (unpaired) electrons. The van der Waals surface area contributed by atoms with Gasteiger partial charge in [0.1, 0.15) is 25.1 Å². The van der Waals surface area contributed by atoms with Crippen molar-refractivity contribution in [3.63, 3.8) is 0 Å². The van der Waals surface area contributed by atoms with Crippen LogP contribution in [-0.2, 0) is 58.2 Å². The Morgan fingerprint density at radius 2 is 0.887 bits per heavy atom. The molecule has 36 heteroatoms. The zero-order valence-corrected chi connectivity index (χ0v) is 41.5. The zero-order chi connectivity index (χ0) is 53.9. The van der Waals surface area contributed by atoms with Crippen molar-refractivity contribution in [2.45, 2.75) is 12.5 Å². The molecule has 1 aliphatic rings. The van der Waals surface area contributed by atoms with Crippen molar-refractivity contribution in [3.05, 3.63) is 29.8 Å². The number of carbonyl (C=O) groups excluding carboxylic acids is 3. The van der Waals surface area contributed by atoms with Crippen LogP contribution in [-0.4, -0.2) is 260 Å². The van der Waals surface area contributed by atoms with E-state index in [0.717, 1.165) is 0 Å². The summed E-state index contributed by atoms with van der Waals surface area (Å²) in [4.78, 5) is 169. The van der Waals surface area contributed by atoms with Gasteiger partial charge in [-0.1, -0.05) is 12.1 Å². The lowest BCUT2D eigenvalue weighted by atomic mass is 10.0. The molecule has 1 fully saturated rings. The third kappa shape index (κ3) is 29.9. The molecule has 3 amide bonds. The summed E-state index contributed by atoms with van der Waals surface area (Å²) in [5.41, 5.74) is 0.601. The second kappa shape index (κ2) is 28.9. The van der Waals surface area contributed by atoms with Gasteiger partial charge >= 0.3 is 54.3 Å². The van der Waals surface area contributed by atoms with Crippen molar-refractivity contribution in [2.24, 2.45) is 5.92 Å². The topological polar surface area (TPSA) is 486 Å². The lowest BCUT2D eigenvalue weighted by Gasteiger charge is -2.37. The first-order valence-electron chi connectivity index (χ1n) is 21.0. The molecule has 1 atom stereocenters. The second-order valence-corrected chi connectivity index (χ2v) is 23.0. The zero-order valence-electron chi connectivity index (χ0n) is 37.9. The minimum Gasteiger partial charge on any atom is -0.480 e. The number of carboxylic acids is 4. The van der Waals surface area contributed by atoms with Crippen LogP contribution in [0.5, 0.6) is 0 Å². The van der Waals surface area contributed by atoms with Gasteiger partial charge in [-0.2, -0.15) is 0 Å². The number of nitrogens with zero attached hydrogens (tertiary/aromatic N) is 6. The summed E-state index contributed by atoms with van der Waals surface area (Å²) < 4.78 is 46.4. The van der Waals surface area contributed by atoms with E-state index >= 15 is 0 Å². The smallest absolute Gasteiger partial charge is 0.339 e. The molecule has 1 heterocycles. The van der Waals surface area contributed by atoms with E-state index in [-0.39, 0.29) is 57.9 Å². The highest BCUT2D eigenvalue weighted by molar-refractivity contribution is 7.53. The second-order valence-electron chi connectivity index (χ2n) is 16.6. The number of nitrogens with one attached hydrogen (secondary N) is 3. The van der Waals surface area contributed by atoms with Gasteiger partial charge in [-0.05, 0) is 24.1 Å². The lowest BCUT2D eigenvalue weighted by Crippen LogP contribution is -2.53. The molecule has 0 bridgehead atoms. The molecule has 32 nitrogen and oxygen atoms in total. The van der Waals surface area contributed by atoms with E-state index < -0.39 is 161 Å². The number of hydrogen-bond donors (Lipinski definition) is 15. The van der Waals surface area contributed by atoms with Gasteiger partial charge in [0.05, 0.1) is 45.2 Å². The highest BCUT2D eigenvalue weighted by Crippen LogP contribution is 2.41. The molecule has 1 aromatic carbocycles.